The molecule has 36 heavy (non-hydrogen) atoms. The molecule has 2 amide bonds. The minimum atomic E-state index is -1.44. The Morgan fingerprint density at radius 2 is 1.53 bits per heavy atom. The zero-order chi connectivity index (χ0) is 27.6. The van der Waals surface area contributed by atoms with E-state index in [0.29, 0.717) is 4.90 Å². The van der Waals surface area contributed by atoms with Crippen LogP contribution in [0.1, 0.15) is 65.9 Å². The van der Waals surface area contributed by atoms with Gasteiger partial charge in [-0.1, -0.05) is 0 Å². The topological polar surface area (TPSA) is 117 Å². The van der Waals surface area contributed by atoms with E-state index in [0.717, 1.165) is 6.07 Å². The van der Waals surface area contributed by atoms with Crippen LogP contribution in [0.15, 0.2) is 6.07 Å². The summed E-state index contributed by atoms with van der Waals surface area (Å²) in [5, 5.41) is 5.86. The number of rotatable bonds is 6. The fourth-order valence-electron chi connectivity index (χ4n) is 3.20. The maximum atomic E-state index is 13.9. The molecule has 1 aromatic heterocycles. The summed E-state index contributed by atoms with van der Waals surface area (Å²) in [6.07, 6.45) is -4.48. The normalized spacial score (nSPS) is 22.6. The van der Waals surface area contributed by atoms with Crippen LogP contribution in [0.3, 0.4) is 0 Å². The predicted molar refractivity (Wildman–Crippen MR) is 131 cm³/mol. The summed E-state index contributed by atoms with van der Waals surface area (Å²) < 4.78 is 35.6. The van der Waals surface area contributed by atoms with E-state index in [2.05, 4.69) is 10.2 Å². The van der Waals surface area contributed by atoms with E-state index >= 15 is 0 Å². The molecule has 10 nitrogen and oxygen atoms in total. The number of halogens is 3. The number of nitrogens with zero attached hydrogens (tertiary/aromatic N) is 3. The van der Waals surface area contributed by atoms with Crippen molar-refractivity contribution in [2.75, 3.05) is 11.5 Å². The maximum absolute atomic E-state index is 13.9. The van der Waals surface area contributed by atoms with E-state index in [1.165, 1.54) is 0 Å². The highest BCUT2D eigenvalue weighted by molar-refractivity contribution is 6.28. The summed E-state index contributed by atoms with van der Waals surface area (Å²) in [7, 11) is 0. The quantitative estimate of drug-likeness (QED) is 0.264. The fourth-order valence-corrected chi connectivity index (χ4v) is 4.39. The number of amides is 2. The lowest BCUT2D eigenvalue weighted by molar-refractivity contribution is 0.0404. The molecule has 0 spiro atoms. The Morgan fingerprint density at radius 1 is 1.03 bits per heavy atom. The molecule has 2 rings (SSSR count). The van der Waals surface area contributed by atoms with Gasteiger partial charge in [0.15, 0.2) is 11.4 Å². The van der Waals surface area contributed by atoms with Gasteiger partial charge >= 0.3 is 18.2 Å². The first-order valence-corrected chi connectivity index (χ1v) is 12.2. The van der Waals surface area contributed by atoms with Gasteiger partial charge in [-0.25, -0.2) is 18.8 Å². The van der Waals surface area contributed by atoms with Gasteiger partial charge in [0.1, 0.15) is 23.5 Å². The Kier molecular flexibility index (Phi) is 9.39. The number of esters is 1. The Morgan fingerprint density at radius 3 is 1.97 bits per heavy atom. The number of hydrogen-bond acceptors (Lipinski definition) is 9. The van der Waals surface area contributed by atoms with Gasteiger partial charge in [-0.05, 0) is 55.4 Å². The number of carbonyl (C=O) groups excluding carboxylic acids is 3. The Bertz CT molecular complexity index is 945. The largest absolute Gasteiger partial charge is 0.486 e. The number of carbonyl (C=O) groups is 3. The summed E-state index contributed by atoms with van der Waals surface area (Å²) >= 11 is 12.2. The first kappa shape index (κ1) is 29.8. The van der Waals surface area contributed by atoms with Crippen molar-refractivity contribution in [2.24, 2.45) is 5.92 Å². The molecule has 1 saturated carbocycles. The molecule has 2 unspecified atom stereocenters. The van der Waals surface area contributed by atoms with Crippen LogP contribution in [0.2, 0.25) is 0 Å². The molecule has 1 aliphatic rings. The highest BCUT2D eigenvalue weighted by atomic mass is 35.5. The monoisotopic (exact) mass is 551 g/mol. The minimum absolute atomic E-state index is 0.0681. The zero-order valence-corrected chi connectivity index (χ0v) is 23.0. The van der Waals surface area contributed by atoms with Gasteiger partial charge in [-0.2, -0.15) is 4.90 Å². The molecule has 0 radical (unpaired) electrons. The Balaban J connectivity index is 2.58. The molecule has 1 aliphatic carbocycles. The van der Waals surface area contributed by atoms with Crippen LogP contribution in [-0.4, -0.2) is 69.2 Å². The first-order chi connectivity index (χ1) is 16.5. The summed E-state index contributed by atoms with van der Waals surface area (Å²) in [5.41, 5.74) is -2.22. The van der Waals surface area contributed by atoms with Gasteiger partial charge in [0.2, 0.25) is 5.82 Å². The van der Waals surface area contributed by atoms with E-state index in [1.54, 1.807) is 55.4 Å². The first-order valence-electron chi connectivity index (χ1n) is 11.4. The van der Waals surface area contributed by atoms with Crippen LogP contribution in [0.5, 0.6) is 5.75 Å². The van der Waals surface area contributed by atoms with Crippen LogP contribution in [-0.2, 0) is 14.2 Å². The number of imide groups is 1. The molecule has 0 saturated heterocycles. The third kappa shape index (κ3) is 7.32. The van der Waals surface area contributed by atoms with E-state index in [4.69, 9.17) is 42.1 Å². The van der Waals surface area contributed by atoms with Crippen LogP contribution in [0.4, 0.5) is 19.8 Å². The van der Waals surface area contributed by atoms with Crippen molar-refractivity contribution in [2.45, 2.75) is 89.6 Å². The molecule has 0 aliphatic heterocycles. The molecule has 0 aromatic carbocycles. The highest BCUT2D eigenvalue weighted by Crippen LogP contribution is 2.43. The van der Waals surface area contributed by atoms with Crippen molar-refractivity contribution in [1.82, 2.24) is 10.2 Å². The SMILES string of the molecule is CCOC(=O)c1cc(O[C@H](C)C2C(Cl)C(F)C2Cl)c(N(C(=O)OC(C)(C)C)C(=O)OC(C)(C)C)nn1. The average molecular weight is 552 g/mol. The van der Waals surface area contributed by atoms with E-state index in [9.17, 15) is 18.8 Å². The highest BCUT2D eigenvalue weighted by Gasteiger charge is 2.53. The maximum Gasteiger partial charge on any atom is 0.425 e. The second-order valence-electron chi connectivity index (χ2n) is 10.2. The van der Waals surface area contributed by atoms with E-state index < -0.39 is 64.1 Å². The van der Waals surface area contributed by atoms with Gasteiger partial charge in [0.25, 0.3) is 0 Å². The van der Waals surface area contributed by atoms with Crippen molar-refractivity contribution in [1.29, 1.82) is 0 Å². The third-order valence-electron chi connectivity index (χ3n) is 4.79. The summed E-state index contributed by atoms with van der Waals surface area (Å²) in [6.45, 7) is 12.9. The summed E-state index contributed by atoms with van der Waals surface area (Å²) in [5.74, 6) is -2.06. The lowest BCUT2D eigenvalue weighted by Gasteiger charge is -2.44. The van der Waals surface area contributed by atoms with Gasteiger partial charge in [0, 0.05) is 12.0 Å². The van der Waals surface area contributed by atoms with Crippen molar-refractivity contribution < 1.29 is 37.7 Å². The van der Waals surface area contributed by atoms with Crippen molar-refractivity contribution >= 4 is 47.2 Å². The van der Waals surface area contributed by atoms with E-state index in [-0.39, 0.29) is 18.1 Å². The van der Waals surface area contributed by atoms with Crippen LogP contribution >= 0.6 is 23.2 Å². The number of ether oxygens (including phenoxy) is 4. The molecule has 1 fully saturated rings. The third-order valence-corrected chi connectivity index (χ3v) is 5.85. The Hall–Kier alpha value is -2.40. The fraction of sp³-hybridized carbons (Fsp3) is 0.696. The van der Waals surface area contributed by atoms with Gasteiger partial charge in [-0.15, -0.1) is 33.4 Å². The van der Waals surface area contributed by atoms with Crippen molar-refractivity contribution in [3.8, 4) is 5.75 Å². The molecule has 0 N–H and O–H groups in total. The summed E-state index contributed by atoms with van der Waals surface area (Å²) in [6, 6.07) is 1.15. The predicted octanol–water partition coefficient (Wildman–Crippen LogP) is 5.28. The van der Waals surface area contributed by atoms with Gasteiger partial charge in [-0.3, -0.25) is 0 Å². The zero-order valence-electron chi connectivity index (χ0n) is 21.5. The van der Waals surface area contributed by atoms with Crippen LogP contribution in [0.25, 0.3) is 0 Å². The number of aromatic nitrogens is 2. The van der Waals surface area contributed by atoms with Crippen molar-refractivity contribution in [3.05, 3.63) is 11.8 Å². The second-order valence-corrected chi connectivity index (χ2v) is 11.2. The van der Waals surface area contributed by atoms with Gasteiger partial charge in [0.05, 0.1) is 17.4 Å². The summed E-state index contributed by atoms with van der Waals surface area (Å²) in [4.78, 5) is 39.0. The van der Waals surface area contributed by atoms with Crippen molar-refractivity contribution in [3.63, 3.8) is 0 Å². The minimum Gasteiger partial charge on any atom is -0.486 e. The molecule has 1 aromatic rings. The smallest absolute Gasteiger partial charge is 0.425 e. The molecule has 1 heterocycles. The molecule has 13 heteroatoms. The number of anilines is 1. The van der Waals surface area contributed by atoms with E-state index in [1.807, 2.05) is 0 Å². The lowest BCUT2D eigenvalue weighted by Crippen LogP contribution is -2.57. The second kappa shape index (κ2) is 11.3. The van der Waals surface area contributed by atoms with Gasteiger partial charge < -0.3 is 18.9 Å². The molecule has 202 valence electrons. The lowest BCUT2D eigenvalue weighted by atomic mass is 9.78. The molecular weight excluding hydrogens is 520 g/mol. The number of alkyl halides is 3. The Labute approximate surface area is 219 Å². The molecule has 3 atom stereocenters. The molecule has 0 bridgehead atoms. The van der Waals surface area contributed by atoms with Crippen LogP contribution in [0, 0.1) is 5.92 Å². The number of hydrogen-bond donors (Lipinski definition) is 0. The molecular formula is C23H32Cl2FN3O7. The standard InChI is InChI=1S/C23H32Cl2FN3O7/c1-9-33-19(30)12-10-13(34-11(2)14-15(24)17(26)16(14)25)18(28-27-12)29(20(31)35-22(3,4)5)21(32)36-23(6,7)8/h10-11,14-17H,9H2,1-8H3/t11-,14?,15?,16?,17?/m1/s1. The average Bonchev–Trinajstić information content (AvgIpc) is 2.72. The van der Waals surface area contributed by atoms with Crippen LogP contribution < -0.4 is 9.64 Å².